The third kappa shape index (κ3) is 4.54. The van der Waals surface area contributed by atoms with Crippen LogP contribution in [0, 0.1) is 6.92 Å². The first kappa shape index (κ1) is 20.9. The number of ether oxygens (including phenoxy) is 1. The molecule has 0 radical (unpaired) electrons. The van der Waals surface area contributed by atoms with Gasteiger partial charge in [0.25, 0.3) is 5.91 Å². The van der Waals surface area contributed by atoms with E-state index >= 15 is 0 Å². The molecule has 3 aromatic carbocycles. The Kier molecular flexibility index (Phi) is 6.19. The van der Waals surface area contributed by atoms with E-state index in [0.717, 1.165) is 39.0 Å². The minimum Gasteiger partial charge on any atom is -0.497 e. The van der Waals surface area contributed by atoms with Crippen LogP contribution in [0.2, 0.25) is 5.02 Å². The number of hydrogen-bond donors (Lipinski definition) is 1. The molecule has 0 saturated heterocycles. The first-order valence-corrected chi connectivity index (χ1v) is 10.5. The average molecular weight is 431 g/mol. The molecule has 5 heteroatoms. The average Bonchev–Trinajstić information content (AvgIpc) is 2.79. The lowest BCUT2D eigenvalue weighted by atomic mass is 9.97. The number of amides is 1. The number of fused-ring (bicyclic) bond motifs is 1. The van der Waals surface area contributed by atoms with Gasteiger partial charge in [0, 0.05) is 22.5 Å². The number of rotatable bonds is 6. The summed E-state index contributed by atoms with van der Waals surface area (Å²) in [5.74, 6) is 0.675. The maximum absolute atomic E-state index is 13.2. The fourth-order valence-electron chi connectivity index (χ4n) is 3.73. The summed E-state index contributed by atoms with van der Waals surface area (Å²) in [5, 5.41) is 4.61. The molecule has 0 saturated carbocycles. The van der Waals surface area contributed by atoms with Gasteiger partial charge < -0.3 is 10.1 Å². The van der Waals surface area contributed by atoms with Gasteiger partial charge in [0.1, 0.15) is 5.75 Å². The highest BCUT2D eigenvalue weighted by Crippen LogP contribution is 2.30. The first-order valence-electron chi connectivity index (χ1n) is 10.1. The van der Waals surface area contributed by atoms with Crippen molar-refractivity contribution in [3.8, 4) is 17.0 Å². The van der Waals surface area contributed by atoms with E-state index in [4.69, 9.17) is 21.3 Å². The van der Waals surface area contributed by atoms with Gasteiger partial charge in [-0.2, -0.15) is 0 Å². The van der Waals surface area contributed by atoms with Crippen LogP contribution < -0.4 is 10.1 Å². The first-order chi connectivity index (χ1) is 15.1. The molecule has 156 valence electrons. The Morgan fingerprint density at radius 2 is 1.81 bits per heavy atom. The standard InChI is InChI=1S/C26H23ClN2O2/c1-17-24(26(30)28-15-14-18-6-5-7-20(27)16-18)22-8-3-4-9-23(22)29-25(17)19-10-12-21(31-2)13-11-19/h3-13,16H,14-15H2,1-2H3,(H,28,30). The van der Waals surface area contributed by atoms with Crippen LogP contribution in [0.25, 0.3) is 22.2 Å². The van der Waals surface area contributed by atoms with Gasteiger partial charge in [-0.1, -0.05) is 41.9 Å². The Labute approximate surface area is 186 Å². The number of methoxy groups -OCH3 is 1. The molecule has 0 atom stereocenters. The highest BCUT2D eigenvalue weighted by atomic mass is 35.5. The molecule has 4 aromatic rings. The highest BCUT2D eigenvalue weighted by molar-refractivity contribution is 6.30. The fraction of sp³-hybridized carbons (Fsp3) is 0.154. The van der Waals surface area contributed by atoms with E-state index < -0.39 is 0 Å². The summed E-state index contributed by atoms with van der Waals surface area (Å²) >= 11 is 6.06. The van der Waals surface area contributed by atoms with Gasteiger partial charge in [-0.25, -0.2) is 4.98 Å². The lowest BCUT2D eigenvalue weighted by Crippen LogP contribution is -2.27. The van der Waals surface area contributed by atoms with Crippen LogP contribution in [0.1, 0.15) is 21.5 Å². The van der Waals surface area contributed by atoms with Gasteiger partial charge in [-0.05, 0) is 66.9 Å². The zero-order valence-electron chi connectivity index (χ0n) is 17.5. The minimum atomic E-state index is -0.104. The summed E-state index contributed by atoms with van der Waals surface area (Å²) in [6.45, 7) is 2.47. The lowest BCUT2D eigenvalue weighted by molar-refractivity contribution is 0.0955. The molecule has 0 spiro atoms. The number of carbonyl (C=O) groups is 1. The van der Waals surface area contributed by atoms with Gasteiger partial charge in [-0.3, -0.25) is 4.79 Å². The predicted octanol–water partition coefficient (Wildman–Crippen LogP) is 5.84. The van der Waals surface area contributed by atoms with Crippen molar-refractivity contribution in [3.05, 3.63) is 94.5 Å². The van der Waals surface area contributed by atoms with Crippen molar-refractivity contribution < 1.29 is 9.53 Å². The zero-order valence-corrected chi connectivity index (χ0v) is 18.2. The van der Waals surface area contributed by atoms with Crippen LogP contribution in [-0.2, 0) is 6.42 Å². The van der Waals surface area contributed by atoms with Gasteiger partial charge in [0.15, 0.2) is 0 Å². The Morgan fingerprint density at radius 3 is 2.55 bits per heavy atom. The number of aromatic nitrogens is 1. The van der Waals surface area contributed by atoms with E-state index in [-0.39, 0.29) is 5.91 Å². The largest absolute Gasteiger partial charge is 0.497 e. The quantitative estimate of drug-likeness (QED) is 0.417. The van der Waals surface area contributed by atoms with E-state index in [0.29, 0.717) is 23.6 Å². The summed E-state index contributed by atoms with van der Waals surface area (Å²) in [5.41, 5.74) is 5.12. The van der Waals surface area contributed by atoms with Crippen LogP contribution in [-0.4, -0.2) is 24.5 Å². The lowest BCUT2D eigenvalue weighted by Gasteiger charge is -2.15. The van der Waals surface area contributed by atoms with Crippen molar-refractivity contribution in [2.75, 3.05) is 13.7 Å². The van der Waals surface area contributed by atoms with Crippen LogP contribution in [0.5, 0.6) is 5.75 Å². The molecular formula is C26H23ClN2O2. The molecule has 0 aliphatic carbocycles. The molecule has 0 aliphatic rings. The van der Waals surface area contributed by atoms with E-state index in [1.54, 1.807) is 7.11 Å². The molecule has 0 bridgehead atoms. The molecule has 4 nitrogen and oxygen atoms in total. The highest BCUT2D eigenvalue weighted by Gasteiger charge is 2.18. The molecule has 0 aliphatic heterocycles. The number of carbonyl (C=O) groups excluding carboxylic acids is 1. The fourth-order valence-corrected chi connectivity index (χ4v) is 3.94. The van der Waals surface area contributed by atoms with Crippen molar-refractivity contribution in [1.82, 2.24) is 10.3 Å². The van der Waals surface area contributed by atoms with Gasteiger partial charge in [0.05, 0.1) is 23.9 Å². The van der Waals surface area contributed by atoms with Crippen molar-refractivity contribution in [2.24, 2.45) is 0 Å². The topological polar surface area (TPSA) is 51.2 Å². The normalized spacial score (nSPS) is 10.8. The summed E-state index contributed by atoms with van der Waals surface area (Å²) < 4.78 is 5.26. The summed E-state index contributed by atoms with van der Waals surface area (Å²) in [7, 11) is 1.64. The van der Waals surface area contributed by atoms with Crippen LogP contribution in [0.3, 0.4) is 0 Å². The number of halogens is 1. The summed E-state index contributed by atoms with van der Waals surface area (Å²) in [6, 6.07) is 23.2. The van der Waals surface area contributed by atoms with Crippen LogP contribution in [0.4, 0.5) is 0 Å². The van der Waals surface area contributed by atoms with Crippen LogP contribution in [0.15, 0.2) is 72.8 Å². The number of nitrogens with one attached hydrogen (secondary N) is 1. The maximum Gasteiger partial charge on any atom is 0.252 e. The second-order valence-corrected chi connectivity index (χ2v) is 7.78. The number of hydrogen-bond acceptors (Lipinski definition) is 3. The number of nitrogens with zero attached hydrogens (tertiary/aromatic N) is 1. The Bertz CT molecular complexity index is 1240. The van der Waals surface area contributed by atoms with Gasteiger partial charge >= 0.3 is 0 Å². The smallest absolute Gasteiger partial charge is 0.252 e. The Hall–Kier alpha value is -3.37. The number of pyridine rings is 1. The second-order valence-electron chi connectivity index (χ2n) is 7.34. The predicted molar refractivity (Wildman–Crippen MR) is 126 cm³/mol. The third-order valence-electron chi connectivity index (χ3n) is 5.31. The molecule has 4 rings (SSSR count). The Morgan fingerprint density at radius 1 is 1.03 bits per heavy atom. The molecule has 1 N–H and O–H groups in total. The molecular weight excluding hydrogens is 408 g/mol. The van der Waals surface area contributed by atoms with E-state index in [1.165, 1.54) is 0 Å². The van der Waals surface area contributed by atoms with Crippen LogP contribution >= 0.6 is 11.6 Å². The van der Waals surface area contributed by atoms with Crippen molar-refractivity contribution in [2.45, 2.75) is 13.3 Å². The third-order valence-corrected chi connectivity index (χ3v) is 5.55. The number of benzene rings is 3. The SMILES string of the molecule is COc1ccc(-c2nc3ccccc3c(C(=O)NCCc3cccc(Cl)c3)c2C)cc1. The van der Waals surface area contributed by atoms with Crippen molar-refractivity contribution in [1.29, 1.82) is 0 Å². The van der Waals surface area contributed by atoms with Gasteiger partial charge in [0.2, 0.25) is 0 Å². The maximum atomic E-state index is 13.2. The monoisotopic (exact) mass is 430 g/mol. The van der Waals surface area contributed by atoms with E-state index in [2.05, 4.69) is 5.32 Å². The van der Waals surface area contributed by atoms with E-state index in [1.807, 2.05) is 79.7 Å². The summed E-state index contributed by atoms with van der Waals surface area (Å²) in [6.07, 6.45) is 0.708. The molecule has 0 fully saturated rings. The van der Waals surface area contributed by atoms with E-state index in [9.17, 15) is 4.79 Å². The van der Waals surface area contributed by atoms with Crippen molar-refractivity contribution in [3.63, 3.8) is 0 Å². The summed E-state index contributed by atoms with van der Waals surface area (Å²) in [4.78, 5) is 18.1. The molecule has 1 aromatic heterocycles. The molecule has 0 unspecified atom stereocenters. The zero-order chi connectivity index (χ0) is 21.8. The second kappa shape index (κ2) is 9.19. The van der Waals surface area contributed by atoms with Gasteiger partial charge in [-0.15, -0.1) is 0 Å². The molecule has 1 amide bonds. The minimum absolute atomic E-state index is 0.104. The number of para-hydroxylation sites is 1. The molecule has 1 heterocycles. The Balaban J connectivity index is 1.66. The van der Waals surface area contributed by atoms with Crippen molar-refractivity contribution >= 4 is 28.4 Å². The molecule has 31 heavy (non-hydrogen) atoms.